The zero-order chi connectivity index (χ0) is 45.5. The third-order valence-corrected chi connectivity index (χ3v) is 11.6. The zero-order valence-electron chi connectivity index (χ0n) is 38.5. The molecule has 6 unspecified atom stereocenters. The van der Waals surface area contributed by atoms with Gasteiger partial charge in [-0.25, -0.2) is 0 Å². The van der Waals surface area contributed by atoms with Crippen LogP contribution in [0.25, 0.3) is 0 Å². The molecular formula is C49H86O12S. The fourth-order valence-corrected chi connectivity index (χ4v) is 7.79. The van der Waals surface area contributed by atoms with Crippen LogP contribution in [0.5, 0.6) is 0 Å². The van der Waals surface area contributed by atoms with E-state index in [9.17, 15) is 37.9 Å². The van der Waals surface area contributed by atoms with Crippen molar-refractivity contribution in [1.82, 2.24) is 0 Å². The molecule has 0 saturated carbocycles. The highest BCUT2D eigenvalue weighted by Crippen LogP contribution is 2.24. The second-order valence-electron chi connectivity index (χ2n) is 16.8. The van der Waals surface area contributed by atoms with Gasteiger partial charge in [-0.3, -0.25) is 14.1 Å². The van der Waals surface area contributed by atoms with Crippen molar-refractivity contribution in [1.29, 1.82) is 0 Å². The number of rotatable bonds is 40. The molecule has 0 aliphatic carbocycles. The Balaban J connectivity index is 2.40. The summed E-state index contributed by atoms with van der Waals surface area (Å²) < 4.78 is 54.1. The minimum Gasteiger partial charge on any atom is -0.462 e. The summed E-state index contributed by atoms with van der Waals surface area (Å²) in [5.74, 6) is -2.01. The van der Waals surface area contributed by atoms with Crippen molar-refractivity contribution in [2.75, 3.05) is 19.0 Å². The molecule has 6 atom stereocenters. The zero-order valence-corrected chi connectivity index (χ0v) is 39.3. The fraction of sp³-hybridized carbons (Fsp3) is 0.796. The summed E-state index contributed by atoms with van der Waals surface area (Å²) in [5, 5.41) is 30.9. The Kier molecular flexibility index (Phi) is 36.3. The van der Waals surface area contributed by atoms with Crippen LogP contribution in [0.3, 0.4) is 0 Å². The highest BCUT2D eigenvalue weighted by molar-refractivity contribution is 7.85. The fourth-order valence-electron chi connectivity index (χ4n) is 7.10. The van der Waals surface area contributed by atoms with Gasteiger partial charge in [-0.15, -0.1) is 0 Å². The average Bonchev–Trinajstić information content (AvgIpc) is 3.24. The van der Waals surface area contributed by atoms with E-state index in [4.69, 9.17) is 18.9 Å². The number of hydrogen-bond donors (Lipinski definition) is 4. The lowest BCUT2D eigenvalue weighted by Crippen LogP contribution is -2.60. The first-order valence-electron chi connectivity index (χ1n) is 24.2. The first kappa shape index (κ1) is 57.6. The third kappa shape index (κ3) is 33.2. The van der Waals surface area contributed by atoms with E-state index in [0.717, 1.165) is 89.9 Å². The number of aliphatic hydroxyl groups is 3. The lowest BCUT2D eigenvalue weighted by atomic mass is 10.00. The van der Waals surface area contributed by atoms with Gasteiger partial charge in [0.05, 0.1) is 6.61 Å². The molecule has 1 aliphatic heterocycles. The van der Waals surface area contributed by atoms with Gasteiger partial charge in [-0.05, 0) is 70.6 Å². The molecule has 13 heteroatoms. The van der Waals surface area contributed by atoms with Gasteiger partial charge in [0.15, 0.2) is 12.4 Å². The van der Waals surface area contributed by atoms with E-state index in [1.165, 1.54) is 64.2 Å². The Bertz CT molecular complexity index is 1330. The van der Waals surface area contributed by atoms with Gasteiger partial charge in [0, 0.05) is 12.8 Å². The maximum atomic E-state index is 12.8. The van der Waals surface area contributed by atoms with Crippen LogP contribution in [0.4, 0.5) is 0 Å². The molecule has 0 spiro atoms. The van der Waals surface area contributed by atoms with Crippen LogP contribution in [0.2, 0.25) is 0 Å². The summed E-state index contributed by atoms with van der Waals surface area (Å²) >= 11 is 0. The standard InChI is InChI=1S/C49H86O12S/c1-3-5-7-9-11-13-15-17-18-19-20-21-22-23-24-26-28-30-32-34-36-38-45(51)60-42(40-59-49-48(54)47(53)46(52)43(61-49)41-62(55,56)57)39-58-44(50)37-35-33-31-29-27-25-16-14-12-10-8-6-4-2/h8,10,14-17,19-20,42-43,46-49,52-54H,3-7,9,11-13,18,21-41H2,1-2H3,(H,55,56,57)/b10-8-,16-14-,17-15-,20-19-. The van der Waals surface area contributed by atoms with Crippen LogP contribution in [0.15, 0.2) is 48.6 Å². The molecule has 4 N–H and O–H groups in total. The number of aliphatic hydroxyl groups excluding tert-OH is 3. The van der Waals surface area contributed by atoms with E-state index in [1.54, 1.807) is 0 Å². The minimum atomic E-state index is -4.61. The van der Waals surface area contributed by atoms with Crippen molar-refractivity contribution in [2.24, 2.45) is 0 Å². The predicted molar refractivity (Wildman–Crippen MR) is 247 cm³/mol. The molecular weight excluding hydrogens is 813 g/mol. The number of carbonyl (C=O) groups is 2. The number of hydrogen-bond acceptors (Lipinski definition) is 11. The number of unbranched alkanes of at least 4 members (excludes halogenated alkanes) is 20. The lowest BCUT2D eigenvalue weighted by molar-refractivity contribution is -0.297. The van der Waals surface area contributed by atoms with Gasteiger partial charge < -0.3 is 34.3 Å². The van der Waals surface area contributed by atoms with Crippen LogP contribution < -0.4 is 0 Å². The van der Waals surface area contributed by atoms with Crippen molar-refractivity contribution < 1.29 is 56.8 Å². The SMILES string of the molecule is CCC/C=C\C/C=C\CCCCCCCC(=O)OCC(COC1OC(CS(=O)(=O)O)C(O)C(O)C1O)OC(=O)CCCCCCCCCCC/C=C\C/C=C\CCCCCCC. The van der Waals surface area contributed by atoms with Crippen LogP contribution in [-0.2, 0) is 38.7 Å². The van der Waals surface area contributed by atoms with E-state index < -0.39 is 71.2 Å². The first-order chi connectivity index (χ1) is 30.0. The van der Waals surface area contributed by atoms with E-state index in [2.05, 4.69) is 62.5 Å². The number of allylic oxidation sites excluding steroid dienone is 8. The second-order valence-corrected chi connectivity index (χ2v) is 18.3. The van der Waals surface area contributed by atoms with Crippen LogP contribution in [0, 0.1) is 0 Å². The monoisotopic (exact) mass is 899 g/mol. The smallest absolute Gasteiger partial charge is 0.306 e. The highest BCUT2D eigenvalue weighted by Gasteiger charge is 2.46. The Hall–Kier alpha value is -2.39. The maximum Gasteiger partial charge on any atom is 0.306 e. The quantitative estimate of drug-likeness (QED) is 0.0198. The van der Waals surface area contributed by atoms with E-state index in [-0.39, 0.29) is 19.4 Å². The van der Waals surface area contributed by atoms with Gasteiger partial charge in [0.25, 0.3) is 10.1 Å². The lowest BCUT2D eigenvalue weighted by Gasteiger charge is -2.40. The molecule has 62 heavy (non-hydrogen) atoms. The molecule has 1 heterocycles. The molecule has 0 aromatic carbocycles. The summed E-state index contributed by atoms with van der Waals surface area (Å²) in [4.78, 5) is 25.4. The normalized spacial score (nSPS) is 20.3. The number of carbonyl (C=O) groups excluding carboxylic acids is 2. The molecule has 0 aromatic heterocycles. The van der Waals surface area contributed by atoms with Gasteiger partial charge >= 0.3 is 11.9 Å². The predicted octanol–water partition coefficient (Wildman–Crippen LogP) is 10.3. The number of esters is 2. The van der Waals surface area contributed by atoms with Gasteiger partial charge in [-0.2, -0.15) is 8.42 Å². The molecule has 0 bridgehead atoms. The Morgan fingerprint density at radius 3 is 1.48 bits per heavy atom. The van der Waals surface area contributed by atoms with Crippen molar-refractivity contribution >= 4 is 22.1 Å². The molecule has 0 aromatic rings. The van der Waals surface area contributed by atoms with E-state index in [0.29, 0.717) is 12.8 Å². The summed E-state index contributed by atoms with van der Waals surface area (Å²) in [6.07, 6.45) is 37.2. The van der Waals surface area contributed by atoms with Gasteiger partial charge in [-0.1, -0.05) is 159 Å². The van der Waals surface area contributed by atoms with Crippen molar-refractivity contribution in [3.8, 4) is 0 Å². The molecule has 1 fully saturated rings. The van der Waals surface area contributed by atoms with Crippen molar-refractivity contribution in [3.63, 3.8) is 0 Å². The largest absolute Gasteiger partial charge is 0.462 e. The maximum absolute atomic E-state index is 12.8. The minimum absolute atomic E-state index is 0.155. The summed E-state index contributed by atoms with van der Waals surface area (Å²) in [6, 6.07) is 0. The highest BCUT2D eigenvalue weighted by atomic mass is 32.2. The van der Waals surface area contributed by atoms with Crippen LogP contribution in [0.1, 0.15) is 194 Å². The Morgan fingerprint density at radius 1 is 0.548 bits per heavy atom. The molecule has 1 aliphatic rings. The summed E-state index contributed by atoms with van der Waals surface area (Å²) in [5.41, 5.74) is 0. The third-order valence-electron chi connectivity index (χ3n) is 10.9. The molecule has 0 amide bonds. The molecule has 12 nitrogen and oxygen atoms in total. The molecule has 1 saturated heterocycles. The van der Waals surface area contributed by atoms with E-state index in [1.807, 2.05) is 0 Å². The summed E-state index contributed by atoms with van der Waals surface area (Å²) in [6.45, 7) is 3.67. The first-order valence-corrected chi connectivity index (χ1v) is 25.8. The Labute approximate surface area is 375 Å². The topological polar surface area (TPSA) is 186 Å². The van der Waals surface area contributed by atoms with E-state index >= 15 is 0 Å². The van der Waals surface area contributed by atoms with Crippen LogP contribution in [-0.4, -0.2) is 96.0 Å². The van der Waals surface area contributed by atoms with Crippen molar-refractivity contribution in [2.45, 2.75) is 230 Å². The number of ether oxygens (including phenoxy) is 4. The molecule has 360 valence electrons. The molecule has 1 rings (SSSR count). The second kappa shape index (κ2) is 39.0. The molecule has 0 radical (unpaired) electrons. The Morgan fingerprint density at radius 2 is 1.00 bits per heavy atom. The van der Waals surface area contributed by atoms with Crippen molar-refractivity contribution in [3.05, 3.63) is 48.6 Å². The van der Waals surface area contributed by atoms with Gasteiger partial charge in [0.1, 0.15) is 36.8 Å². The van der Waals surface area contributed by atoms with Crippen LogP contribution >= 0.6 is 0 Å². The summed E-state index contributed by atoms with van der Waals surface area (Å²) in [7, 11) is -4.61. The van der Waals surface area contributed by atoms with Gasteiger partial charge in [0.2, 0.25) is 0 Å². The average molecular weight is 899 g/mol.